The van der Waals surface area contributed by atoms with Gasteiger partial charge in [-0.2, -0.15) is 0 Å². The van der Waals surface area contributed by atoms with Gasteiger partial charge < -0.3 is 52.5 Å². The van der Waals surface area contributed by atoms with Crippen molar-refractivity contribution in [2.45, 2.75) is 110 Å². The van der Waals surface area contributed by atoms with Crippen molar-refractivity contribution in [2.75, 3.05) is 13.2 Å². The standard InChI is InChI=1S/C26H36O18/c1-10(27)35-8-17-19(37-12(3)29)21(23(25(34)42-17)40-15(6)32)44-26-24(41-16(7)33)22(39-14(5)31)20(38-13(4)30)18(43-26)9-36-11(2)28/h17-26,34H,8-9H2,1-7H3/t17?,18?,19-,20-,21+,22+,23?,24?,25+,26+/m1/s1. The van der Waals surface area contributed by atoms with Crippen LogP contribution >= 0.6 is 0 Å². The van der Waals surface area contributed by atoms with Gasteiger partial charge in [0.15, 0.2) is 43.1 Å². The quantitative estimate of drug-likeness (QED) is 0.203. The van der Waals surface area contributed by atoms with Crippen LogP contribution < -0.4 is 0 Å². The van der Waals surface area contributed by atoms with Crippen molar-refractivity contribution in [1.29, 1.82) is 0 Å². The summed E-state index contributed by atoms with van der Waals surface area (Å²) in [5.41, 5.74) is 0. The first-order chi connectivity index (χ1) is 20.5. The van der Waals surface area contributed by atoms with E-state index in [2.05, 4.69) is 0 Å². The van der Waals surface area contributed by atoms with Crippen LogP contribution in [0.5, 0.6) is 0 Å². The van der Waals surface area contributed by atoms with Crippen molar-refractivity contribution in [3.05, 3.63) is 0 Å². The van der Waals surface area contributed by atoms with Gasteiger partial charge in [-0.1, -0.05) is 0 Å². The Labute approximate surface area is 251 Å². The van der Waals surface area contributed by atoms with E-state index in [1.807, 2.05) is 0 Å². The number of carbonyl (C=O) groups excluding carboxylic acids is 7. The highest BCUT2D eigenvalue weighted by Gasteiger charge is 2.57. The van der Waals surface area contributed by atoms with Gasteiger partial charge in [0.1, 0.15) is 31.5 Å². The van der Waals surface area contributed by atoms with E-state index >= 15 is 0 Å². The zero-order valence-electron chi connectivity index (χ0n) is 25.1. The molecule has 18 heteroatoms. The summed E-state index contributed by atoms with van der Waals surface area (Å²) in [6.07, 6.45) is -16.4. The van der Waals surface area contributed by atoms with E-state index in [1.165, 1.54) is 0 Å². The minimum atomic E-state index is -1.94. The molecule has 0 amide bonds. The lowest BCUT2D eigenvalue weighted by Gasteiger charge is -2.48. The van der Waals surface area contributed by atoms with E-state index in [1.54, 1.807) is 0 Å². The van der Waals surface area contributed by atoms with Gasteiger partial charge in [0.05, 0.1) is 0 Å². The average Bonchev–Trinajstić information content (AvgIpc) is 2.87. The summed E-state index contributed by atoms with van der Waals surface area (Å²) < 4.78 is 54.0. The van der Waals surface area contributed by atoms with Crippen LogP contribution in [0.2, 0.25) is 0 Å². The summed E-state index contributed by atoms with van der Waals surface area (Å²) in [5.74, 6) is -6.03. The van der Waals surface area contributed by atoms with Crippen LogP contribution in [0, 0.1) is 0 Å². The second-order valence-electron chi connectivity index (χ2n) is 9.68. The fourth-order valence-electron chi connectivity index (χ4n) is 4.49. The predicted octanol–water partition coefficient (Wildman–Crippen LogP) is -1.40. The smallest absolute Gasteiger partial charge is 0.303 e. The van der Waals surface area contributed by atoms with Gasteiger partial charge in [-0.05, 0) is 0 Å². The Balaban J connectivity index is 2.66. The van der Waals surface area contributed by atoms with Crippen molar-refractivity contribution in [3.8, 4) is 0 Å². The molecule has 0 aromatic rings. The minimum Gasteiger partial charge on any atom is -0.463 e. The number of aliphatic hydroxyl groups excluding tert-OH is 1. The maximum Gasteiger partial charge on any atom is 0.303 e. The third kappa shape index (κ3) is 10.7. The first-order valence-corrected chi connectivity index (χ1v) is 13.3. The molecule has 0 spiro atoms. The van der Waals surface area contributed by atoms with E-state index in [4.69, 9.17) is 47.4 Å². The van der Waals surface area contributed by atoms with Crippen molar-refractivity contribution in [1.82, 2.24) is 0 Å². The average molecular weight is 637 g/mol. The lowest BCUT2D eigenvalue weighted by molar-refractivity contribution is -0.357. The Bertz CT molecular complexity index is 1090. The molecule has 44 heavy (non-hydrogen) atoms. The Morgan fingerprint density at radius 1 is 0.477 bits per heavy atom. The van der Waals surface area contributed by atoms with Crippen LogP contribution in [0.4, 0.5) is 0 Å². The van der Waals surface area contributed by atoms with Crippen LogP contribution in [0.15, 0.2) is 0 Å². The number of aliphatic hydroxyl groups is 1. The van der Waals surface area contributed by atoms with Gasteiger partial charge in [-0.3, -0.25) is 33.6 Å². The molecule has 2 fully saturated rings. The molecular weight excluding hydrogens is 600 g/mol. The molecular formula is C26H36O18. The fraction of sp³-hybridized carbons (Fsp3) is 0.731. The van der Waals surface area contributed by atoms with Gasteiger partial charge >= 0.3 is 41.8 Å². The van der Waals surface area contributed by atoms with Gasteiger partial charge in [0, 0.05) is 48.5 Å². The zero-order chi connectivity index (χ0) is 33.3. The maximum absolute atomic E-state index is 12.2. The highest BCUT2D eigenvalue weighted by molar-refractivity contribution is 5.69. The first-order valence-electron chi connectivity index (χ1n) is 13.3. The van der Waals surface area contributed by atoms with E-state index in [-0.39, 0.29) is 0 Å². The molecule has 0 aliphatic carbocycles. The van der Waals surface area contributed by atoms with Crippen molar-refractivity contribution in [2.24, 2.45) is 0 Å². The molecule has 2 aliphatic heterocycles. The molecule has 0 aromatic heterocycles. The molecule has 2 saturated heterocycles. The lowest BCUT2D eigenvalue weighted by Crippen LogP contribution is -2.67. The van der Waals surface area contributed by atoms with Crippen LogP contribution in [-0.4, -0.2) is 122 Å². The normalized spacial score (nSPS) is 31.5. The number of hydrogen-bond donors (Lipinski definition) is 1. The molecule has 2 aliphatic rings. The number of esters is 7. The summed E-state index contributed by atoms with van der Waals surface area (Å²) in [6, 6.07) is 0. The molecule has 10 atom stereocenters. The Hall–Kier alpha value is -3.87. The predicted molar refractivity (Wildman–Crippen MR) is 135 cm³/mol. The number of carbonyl (C=O) groups is 7. The summed E-state index contributed by atoms with van der Waals surface area (Å²) in [5, 5.41) is 10.8. The molecule has 248 valence electrons. The number of ether oxygens (including phenoxy) is 10. The molecule has 0 bridgehead atoms. The topological polar surface area (TPSA) is 232 Å². The van der Waals surface area contributed by atoms with Crippen LogP contribution in [-0.2, 0) is 80.9 Å². The highest BCUT2D eigenvalue weighted by atomic mass is 16.8. The van der Waals surface area contributed by atoms with E-state index in [9.17, 15) is 38.7 Å². The monoisotopic (exact) mass is 636 g/mol. The fourth-order valence-corrected chi connectivity index (χ4v) is 4.49. The molecule has 2 heterocycles. The van der Waals surface area contributed by atoms with E-state index in [0.29, 0.717) is 0 Å². The van der Waals surface area contributed by atoms with Crippen LogP contribution in [0.1, 0.15) is 48.5 Å². The van der Waals surface area contributed by atoms with Crippen LogP contribution in [0.3, 0.4) is 0 Å². The molecule has 0 radical (unpaired) electrons. The number of rotatable bonds is 11. The lowest BCUT2D eigenvalue weighted by atomic mass is 9.96. The third-order valence-corrected chi connectivity index (χ3v) is 5.90. The molecule has 1 N–H and O–H groups in total. The largest absolute Gasteiger partial charge is 0.463 e. The summed E-state index contributed by atoms with van der Waals surface area (Å²) in [4.78, 5) is 83.5. The van der Waals surface area contributed by atoms with Crippen molar-refractivity contribution >= 4 is 41.8 Å². The van der Waals surface area contributed by atoms with Crippen molar-refractivity contribution < 1.29 is 86.0 Å². The SMILES string of the molecule is CC(=O)OCC1O[C@@H](O[C@@H]2C(OC(C)=O)[C@@H](O)OC(COC(C)=O)[C@H]2OC(C)=O)C(OC(C)=O)[C@@H](OC(C)=O)[C@@H]1OC(C)=O. The van der Waals surface area contributed by atoms with Gasteiger partial charge in [-0.25, -0.2) is 0 Å². The number of hydrogen-bond acceptors (Lipinski definition) is 18. The van der Waals surface area contributed by atoms with E-state index in [0.717, 1.165) is 48.5 Å². The van der Waals surface area contributed by atoms with Crippen LogP contribution in [0.25, 0.3) is 0 Å². The zero-order valence-corrected chi connectivity index (χ0v) is 25.1. The molecule has 18 nitrogen and oxygen atoms in total. The summed E-state index contributed by atoms with van der Waals surface area (Å²) in [6.45, 7) is 6.13. The Morgan fingerprint density at radius 3 is 1.27 bits per heavy atom. The van der Waals surface area contributed by atoms with Gasteiger partial charge in [0.25, 0.3) is 0 Å². The molecule has 0 aromatic carbocycles. The molecule has 0 saturated carbocycles. The second-order valence-corrected chi connectivity index (χ2v) is 9.68. The summed E-state index contributed by atoms with van der Waals surface area (Å²) >= 11 is 0. The Morgan fingerprint density at radius 2 is 0.841 bits per heavy atom. The third-order valence-electron chi connectivity index (χ3n) is 5.90. The molecule has 4 unspecified atom stereocenters. The maximum atomic E-state index is 12.2. The van der Waals surface area contributed by atoms with E-state index < -0.39 is 116 Å². The second kappa shape index (κ2) is 16.3. The Kier molecular flexibility index (Phi) is 13.4. The minimum absolute atomic E-state index is 0.560. The molecule has 2 rings (SSSR count). The highest BCUT2D eigenvalue weighted by Crippen LogP contribution is 2.35. The first kappa shape index (κ1) is 36.3. The summed E-state index contributed by atoms with van der Waals surface area (Å²) in [7, 11) is 0. The van der Waals surface area contributed by atoms with Gasteiger partial charge in [-0.15, -0.1) is 0 Å². The van der Waals surface area contributed by atoms with Crippen molar-refractivity contribution in [3.63, 3.8) is 0 Å². The van der Waals surface area contributed by atoms with Gasteiger partial charge in [0.2, 0.25) is 0 Å².